The zero-order valence-corrected chi connectivity index (χ0v) is 20.9. The number of anilines is 2. The molecule has 0 radical (unpaired) electrons. The molecule has 1 aromatic heterocycles. The van der Waals surface area contributed by atoms with E-state index in [-0.39, 0.29) is 41.4 Å². The molecule has 0 atom stereocenters. The third-order valence-corrected chi connectivity index (χ3v) is 6.43. The highest BCUT2D eigenvalue weighted by Crippen LogP contribution is 2.29. The number of hydrogen-bond acceptors (Lipinski definition) is 6. The third-order valence-electron chi connectivity index (χ3n) is 6.43. The van der Waals surface area contributed by atoms with Crippen molar-refractivity contribution in [1.82, 2.24) is 15.2 Å². The van der Waals surface area contributed by atoms with Gasteiger partial charge in [-0.25, -0.2) is 13.6 Å². The molecule has 2 aliphatic heterocycles. The highest BCUT2D eigenvalue weighted by molar-refractivity contribution is 5.94. The van der Waals surface area contributed by atoms with Crippen LogP contribution in [0.15, 0.2) is 41.3 Å². The number of hydrogen-bond donors (Lipinski definition) is 3. The second kappa shape index (κ2) is 11.4. The first-order valence-corrected chi connectivity index (χ1v) is 11.3. The van der Waals surface area contributed by atoms with Crippen LogP contribution in [-0.4, -0.2) is 68.0 Å². The van der Waals surface area contributed by atoms with E-state index in [1.807, 2.05) is 4.90 Å². The summed E-state index contributed by atoms with van der Waals surface area (Å²) in [5, 5.41) is 15.9. The van der Waals surface area contributed by atoms with E-state index in [0.717, 1.165) is 44.1 Å². The molecule has 2 saturated heterocycles. The van der Waals surface area contributed by atoms with Gasteiger partial charge < -0.3 is 30.1 Å². The second-order valence-electron chi connectivity index (χ2n) is 8.48. The van der Waals surface area contributed by atoms with Gasteiger partial charge in [0.05, 0.1) is 16.9 Å². The van der Waals surface area contributed by atoms with Gasteiger partial charge >= 0.3 is 5.97 Å². The van der Waals surface area contributed by atoms with Gasteiger partial charge in [-0.3, -0.25) is 4.79 Å². The van der Waals surface area contributed by atoms with Crippen LogP contribution in [-0.2, 0) is 0 Å². The van der Waals surface area contributed by atoms with Crippen molar-refractivity contribution in [2.75, 3.05) is 62.2 Å². The second-order valence-corrected chi connectivity index (χ2v) is 8.48. The van der Waals surface area contributed by atoms with Crippen LogP contribution >= 0.6 is 24.8 Å². The first kappa shape index (κ1) is 27.7. The Morgan fingerprint density at radius 2 is 1.42 bits per heavy atom. The van der Waals surface area contributed by atoms with E-state index in [1.54, 1.807) is 12.1 Å². The molecule has 3 N–H and O–H groups in total. The Morgan fingerprint density at radius 3 is 2.00 bits per heavy atom. The van der Waals surface area contributed by atoms with E-state index >= 15 is 8.78 Å². The minimum atomic E-state index is -1.45. The van der Waals surface area contributed by atoms with Crippen LogP contribution in [0.4, 0.5) is 20.2 Å². The molecule has 12 heteroatoms. The number of fused-ring (bicyclic) bond motifs is 1. The van der Waals surface area contributed by atoms with Crippen molar-refractivity contribution in [3.63, 3.8) is 0 Å². The van der Waals surface area contributed by atoms with Gasteiger partial charge in [-0.2, -0.15) is 0 Å². The van der Waals surface area contributed by atoms with Gasteiger partial charge in [-0.15, -0.1) is 24.8 Å². The maximum absolute atomic E-state index is 15.4. The summed E-state index contributed by atoms with van der Waals surface area (Å²) in [6, 6.07) is 7.31. The molecular weight excluding hydrogens is 515 g/mol. The molecular formula is C24H27Cl2F2N5O3. The molecule has 5 rings (SSSR count). The number of carboxylic acids is 1. The molecule has 3 heterocycles. The summed E-state index contributed by atoms with van der Waals surface area (Å²) in [5.74, 6) is -2.63. The van der Waals surface area contributed by atoms with E-state index in [4.69, 9.17) is 0 Å². The number of aromatic nitrogens is 1. The zero-order chi connectivity index (χ0) is 23.8. The van der Waals surface area contributed by atoms with E-state index in [2.05, 4.69) is 15.5 Å². The number of benzene rings is 2. The summed E-state index contributed by atoms with van der Waals surface area (Å²) in [5.41, 5.74) is -0.0000488. The maximum atomic E-state index is 15.4. The van der Waals surface area contributed by atoms with Gasteiger partial charge in [0.15, 0.2) is 0 Å². The van der Waals surface area contributed by atoms with E-state index < -0.39 is 28.6 Å². The lowest BCUT2D eigenvalue weighted by atomic mass is 10.1. The number of nitrogens with one attached hydrogen (secondary N) is 2. The number of halogens is 4. The molecule has 2 aromatic carbocycles. The maximum Gasteiger partial charge on any atom is 0.341 e. The normalized spacial score (nSPS) is 15.8. The summed E-state index contributed by atoms with van der Waals surface area (Å²) in [7, 11) is 0. The lowest BCUT2D eigenvalue weighted by Gasteiger charge is -2.30. The lowest BCUT2D eigenvalue weighted by Crippen LogP contribution is -2.43. The van der Waals surface area contributed by atoms with Crippen molar-refractivity contribution in [2.45, 2.75) is 0 Å². The number of pyridine rings is 1. The number of piperazine rings is 2. The van der Waals surface area contributed by atoms with Crippen LogP contribution in [0.5, 0.6) is 0 Å². The van der Waals surface area contributed by atoms with Crippen molar-refractivity contribution in [3.05, 3.63) is 63.9 Å². The number of carbonyl (C=O) groups is 1. The molecule has 3 aromatic rings. The molecule has 0 bridgehead atoms. The summed E-state index contributed by atoms with van der Waals surface area (Å²) in [4.78, 5) is 28.5. The predicted molar refractivity (Wildman–Crippen MR) is 141 cm³/mol. The average Bonchev–Trinajstić information content (AvgIpc) is 2.85. The average molecular weight is 542 g/mol. The van der Waals surface area contributed by atoms with Crippen molar-refractivity contribution < 1.29 is 18.7 Å². The van der Waals surface area contributed by atoms with Crippen LogP contribution in [0.3, 0.4) is 0 Å². The molecule has 194 valence electrons. The smallest absolute Gasteiger partial charge is 0.341 e. The van der Waals surface area contributed by atoms with E-state index in [0.29, 0.717) is 31.9 Å². The summed E-state index contributed by atoms with van der Waals surface area (Å²) in [6.07, 6.45) is 1.12. The Morgan fingerprint density at radius 1 is 0.833 bits per heavy atom. The molecule has 0 aliphatic carbocycles. The number of carboxylic acid groups (broad SMARTS) is 1. The molecule has 2 fully saturated rings. The first-order chi connectivity index (χ1) is 16.4. The Balaban J connectivity index is 0.00000180. The summed E-state index contributed by atoms with van der Waals surface area (Å²) >= 11 is 0. The van der Waals surface area contributed by atoms with Gasteiger partial charge in [0.1, 0.15) is 17.2 Å². The number of aromatic carboxylic acids is 1. The van der Waals surface area contributed by atoms with Crippen LogP contribution in [0, 0.1) is 11.6 Å². The van der Waals surface area contributed by atoms with Crippen molar-refractivity contribution in [1.29, 1.82) is 0 Å². The lowest BCUT2D eigenvalue weighted by molar-refractivity contribution is 0.0695. The van der Waals surface area contributed by atoms with E-state index in [9.17, 15) is 14.7 Å². The SMILES string of the molecule is Cl.Cl.O=C(O)c1cn(-c2ccc(N3CCNCC3)cc2F)c2cc(N3CCNCC3)c(F)cc2c1=O. The number of nitrogens with zero attached hydrogens (tertiary/aromatic N) is 3. The minimum absolute atomic E-state index is 0. The highest BCUT2D eigenvalue weighted by Gasteiger charge is 2.22. The Hall–Kier alpha value is -2.92. The van der Waals surface area contributed by atoms with Gasteiger partial charge in [-0.1, -0.05) is 0 Å². The van der Waals surface area contributed by atoms with Crippen molar-refractivity contribution in [3.8, 4) is 5.69 Å². The Bertz CT molecular complexity index is 1330. The highest BCUT2D eigenvalue weighted by atomic mass is 35.5. The fourth-order valence-corrected chi connectivity index (χ4v) is 4.64. The molecule has 8 nitrogen and oxygen atoms in total. The minimum Gasteiger partial charge on any atom is -0.477 e. The molecule has 0 amide bonds. The Labute approximate surface area is 218 Å². The van der Waals surface area contributed by atoms with Crippen molar-refractivity contribution in [2.24, 2.45) is 0 Å². The standard InChI is InChI=1S/C24H25F2N5O3.2ClH/c25-18-11-15(29-7-3-27-4-8-29)1-2-20(18)31-14-17(24(33)34)23(32)16-12-19(26)22(13-21(16)31)30-9-5-28-6-10-30;;/h1-2,11-14,27-28H,3-10H2,(H,33,34);2*1H. The van der Waals surface area contributed by atoms with Crippen LogP contribution in [0.25, 0.3) is 16.6 Å². The monoisotopic (exact) mass is 541 g/mol. The van der Waals surface area contributed by atoms with Crippen molar-refractivity contribution >= 4 is 53.1 Å². The van der Waals surface area contributed by atoms with Gasteiger partial charge in [0.2, 0.25) is 5.43 Å². The van der Waals surface area contributed by atoms with Crippen LogP contribution in [0.2, 0.25) is 0 Å². The molecule has 36 heavy (non-hydrogen) atoms. The molecule has 2 aliphatic rings. The van der Waals surface area contributed by atoms with E-state index in [1.165, 1.54) is 16.7 Å². The fourth-order valence-electron chi connectivity index (χ4n) is 4.64. The predicted octanol–water partition coefficient (Wildman–Crippen LogP) is 2.63. The molecule has 0 saturated carbocycles. The van der Waals surface area contributed by atoms with Gasteiger partial charge in [0, 0.05) is 69.6 Å². The molecule has 0 unspecified atom stereocenters. The zero-order valence-electron chi connectivity index (χ0n) is 19.3. The first-order valence-electron chi connectivity index (χ1n) is 11.3. The third kappa shape index (κ3) is 5.12. The largest absolute Gasteiger partial charge is 0.477 e. The summed E-state index contributed by atoms with van der Waals surface area (Å²) in [6.45, 7) is 5.62. The van der Waals surface area contributed by atoms with Gasteiger partial charge in [-0.05, 0) is 30.3 Å². The topological polar surface area (TPSA) is 89.8 Å². The molecule has 0 spiro atoms. The Kier molecular flexibility index (Phi) is 8.78. The fraction of sp³-hybridized carbons (Fsp3) is 0.333. The quantitative estimate of drug-likeness (QED) is 0.467. The van der Waals surface area contributed by atoms with Gasteiger partial charge in [0.25, 0.3) is 0 Å². The number of rotatable bonds is 4. The summed E-state index contributed by atoms with van der Waals surface area (Å²) < 4.78 is 31.8. The van der Waals surface area contributed by atoms with Crippen LogP contribution < -0.4 is 25.9 Å². The van der Waals surface area contributed by atoms with Crippen LogP contribution in [0.1, 0.15) is 10.4 Å².